The van der Waals surface area contributed by atoms with E-state index in [9.17, 15) is 4.79 Å². The molecule has 0 unspecified atom stereocenters. The monoisotopic (exact) mass is 295 g/mol. The molecular formula is C18H21N3O. The van der Waals surface area contributed by atoms with Crippen LogP contribution in [0.5, 0.6) is 0 Å². The van der Waals surface area contributed by atoms with Crippen molar-refractivity contribution in [1.29, 1.82) is 0 Å². The van der Waals surface area contributed by atoms with Gasteiger partial charge in [-0.3, -0.25) is 4.79 Å². The molecule has 1 saturated carbocycles. The summed E-state index contributed by atoms with van der Waals surface area (Å²) in [6, 6.07) is 12.0. The average molecular weight is 295 g/mol. The van der Waals surface area contributed by atoms with Crippen LogP contribution in [0.4, 0.5) is 5.82 Å². The van der Waals surface area contributed by atoms with E-state index in [0.29, 0.717) is 11.4 Å². The molecule has 0 spiro atoms. The Labute approximate surface area is 131 Å². The number of nitrogens with zero attached hydrogens (tertiary/aromatic N) is 1. The van der Waals surface area contributed by atoms with E-state index in [4.69, 9.17) is 0 Å². The molecule has 2 aromatic rings. The van der Waals surface area contributed by atoms with Crippen LogP contribution in [0.2, 0.25) is 0 Å². The van der Waals surface area contributed by atoms with Gasteiger partial charge in [-0.2, -0.15) is 0 Å². The number of rotatable bonds is 5. The van der Waals surface area contributed by atoms with Crippen molar-refractivity contribution in [3.8, 4) is 11.3 Å². The number of carbonyl (C=O) groups is 1. The minimum atomic E-state index is -0.110. The van der Waals surface area contributed by atoms with Gasteiger partial charge in [0, 0.05) is 19.2 Å². The van der Waals surface area contributed by atoms with Crippen LogP contribution in [0.3, 0.4) is 0 Å². The van der Waals surface area contributed by atoms with Gasteiger partial charge in [-0.25, -0.2) is 4.98 Å². The third-order valence-corrected chi connectivity index (χ3v) is 3.97. The van der Waals surface area contributed by atoms with Gasteiger partial charge in [0.2, 0.25) is 0 Å². The fourth-order valence-corrected chi connectivity index (χ4v) is 2.36. The maximum absolute atomic E-state index is 12.0. The molecular weight excluding hydrogens is 274 g/mol. The van der Waals surface area contributed by atoms with Gasteiger partial charge < -0.3 is 10.6 Å². The molecule has 1 fully saturated rings. The summed E-state index contributed by atoms with van der Waals surface area (Å²) in [7, 11) is 1.64. The highest BCUT2D eigenvalue weighted by Gasteiger charge is 2.22. The number of carbonyl (C=O) groups excluding carboxylic acids is 1. The highest BCUT2D eigenvalue weighted by atomic mass is 16.1. The summed E-state index contributed by atoms with van der Waals surface area (Å²) < 4.78 is 0. The van der Waals surface area contributed by atoms with Crippen LogP contribution in [0.15, 0.2) is 36.4 Å². The molecule has 22 heavy (non-hydrogen) atoms. The number of nitrogens with one attached hydrogen (secondary N) is 2. The first-order valence-electron chi connectivity index (χ1n) is 7.71. The van der Waals surface area contributed by atoms with E-state index in [1.807, 2.05) is 12.1 Å². The van der Waals surface area contributed by atoms with Crippen molar-refractivity contribution in [2.24, 2.45) is 5.92 Å². The Bertz CT molecular complexity index is 675. The second-order valence-electron chi connectivity index (χ2n) is 5.86. The Morgan fingerprint density at radius 1 is 1.18 bits per heavy atom. The number of pyridine rings is 1. The second kappa shape index (κ2) is 6.18. The zero-order valence-corrected chi connectivity index (χ0v) is 13.0. The lowest BCUT2D eigenvalue weighted by atomic mass is 10.1. The molecule has 0 bridgehead atoms. The topological polar surface area (TPSA) is 54.0 Å². The minimum absolute atomic E-state index is 0.110. The van der Waals surface area contributed by atoms with Crippen molar-refractivity contribution in [2.75, 3.05) is 18.9 Å². The van der Waals surface area contributed by atoms with Crippen molar-refractivity contribution in [2.45, 2.75) is 19.8 Å². The molecule has 114 valence electrons. The fraction of sp³-hybridized carbons (Fsp3) is 0.333. The number of benzene rings is 1. The Morgan fingerprint density at radius 3 is 2.55 bits per heavy atom. The molecule has 2 N–H and O–H groups in total. The van der Waals surface area contributed by atoms with E-state index in [-0.39, 0.29) is 5.91 Å². The summed E-state index contributed by atoms with van der Waals surface area (Å²) in [6.45, 7) is 2.95. The molecule has 0 atom stereocenters. The fourth-order valence-electron chi connectivity index (χ4n) is 2.36. The second-order valence-corrected chi connectivity index (χ2v) is 5.86. The first-order valence-corrected chi connectivity index (χ1v) is 7.71. The summed E-state index contributed by atoms with van der Waals surface area (Å²) in [5.41, 5.74) is 3.76. The van der Waals surface area contributed by atoms with Gasteiger partial charge in [-0.05, 0) is 37.8 Å². The quantitative estimate of drug-likeness (QED) is 0.890. The van der Waals surface area contributed by atoms with Gasteiger partial charge >= 0.3 is 0 Å². The molecule has 1 aromatic carbocycles. The Balaban J connectivity index is 1.92. The van der Waals surface area contributed by atoms with Crippen LogP contribution >= 0.6 is 0 Å². The summed E-state index contributed by atoms with van der Waals surface area (Å²) in [5, 5.41) is 6.01. The predicted molar refractivity (Wildman–Crippen MR) is 89.0 cm³/mol. The van der Waals surface area contributed by atoms with Crippen molar-refractivity contribution < 1.29 is 4.79 Å². The van der Waals surface area contributed by atoms with E-state index >= 15 is 0 Å². The summed E-state index contributed by atoms with van der Waals surface area (Å²) in [6.07, 6.45) is 2.53. The van der Waals surface area contributed by atoms with E-state index in [2.05, 4.69) is 46.8 Å². The molecule has 4 heteroatoms. The summed E-state index contributed by atoms with van der Waals surface area (Å²) >= 11 is 0. The SMILES string of the molecule is CNC(=O)c1ccc(-c2ccc(C)cc2)nc1NCC1CC1. The number of amides is 1. The summed E-state index contributed by atoms with van der Waals surface area (Å²) in [4.78, 5) is 16.7. The molecule has 1 heterocycles. The minimum Gasteiger partial charge on any atom is -0.369 e. The van der Waals surface area contributed by atoms with Crippen LogP contribution in [0, 0.1) is 12.8 Å². The normalized spacial score (nSPS) is 13.7. The maximum atomic E-state index is 12.0. The van der Waals surface area contributed by atoms with Gasteiger partial charge in [-0.1, -0.05) is 29.8 Å². The standard InChI is InChI=1S/C18H21N3O/c1-12-3-7-14(8-4-12)16-10-9-15(18(22)19-2)17(21-16)20-11-13-5-6-13/h3-4,7-10,13H,5-6,11H2,1-2H3,(H,19,22)(H,20,21). The zero-order chi connectivity index (χ0) is 15.5. The lowest BCUT2D eigenvalue weighted by molar-refractivity contribution is 0.0963. The molecule has 0 aliphatic heterocycles. The van der Waals surface area contributed by atoms with E-state index < -0.39 is 0 Å². The first-order chi connectivity index (χ1) is 10.7. The Kier molecular flexibility index (Phi) is 4.09. The molecule has 1 aliphatic rings. The van der Waals surface area contributed by atoms with Gasteiger partial charge in [0.05, 0.1) is 11.3 Å². The predicted octanol–water partition coefficient (Wildman–Crippen LogP) is 3.24. The van der Waals surface area contributed by atoms with Crippen molar-refractivity contribution in [3.63, 3.8) is 0 Å². The van der Waals surface area contributed by atoms with Crippen LogP contribution in [0.25, 0.3) is 11.3 Å². The van der Waals surface area contributed by atoms with Gasteiger partial charge in [0.25, 0.3) is 5.91 Å². The molecule has 1 amide bonds. The van der Waals surface area contributed by atoms with Crippen LogP contribution in [-0.4, -0.2) is 24.5 Å². The maximum Gasteiger partial charge on any atom is 0.254 e. The highest BCUT2D eigenvalue weighted by molar-refractivity contribution is 5.99. The number of aryl methyl sites for hydroxylation is 1. The van der Waals surface area contributed by atoms with Gasteiger partial charge in [0.15, 0.2) is 0 Å². The lowest BCUT2D eigenvalue weighted by Gasteiger charge is -2.12. The average Bonchev–Trinajstić information content (AvgIpc) is 3.37. The number of aromatic nitrogens is 1. The third kappa shape index (κ3) is 3.27. The number of hydrogen-bond donors (Lipinski definition) is 2. The van der Waals surface area contributed by atoms with E-state index in [1.165, 1.54) is 18.4 Å². The smallest absolute Gasteiger partial charge is 0.254 e. The first kappa shape index (κ1) is 14.6. The number of hydrogen-bond acceptors (Lipinski definition) is 3. The number of anilines is 1. The van der Waals surface area contributed by atoms with Crippen LogP contribution in [0.1, 0.15) is 28.8 Å². The van der Waals surface area contributed by atoms with Crippen molar-refractivity contribution in [1.82, 2.24) is 10.3 Å². The van der Waals surface area contributed by atoms with Gasteiger partial charge in [0.1, 0.15) is 5.82 Å². The Morgan fingerprint density at radius 2 is 1.91 bits per heavy atom. The third-order valence-electron chi connectivity index (χ3n) is 3.97. The molecule has 1 aromatic heterocycles. The highest BCUT2D eigenvalue weighted by Crippen LogP contribution is 2.30. The molecule has 4 nitrogen and oxygen atoms in total. The molecule has 0 saturated heterocycles. The molecule has 0 radical (unpaired) electrons. The van der Waals surface area contributed by atoms with Crippen LogP contribution in [-0.2, 0) is 0 Å². The lowest BCUT2D eigenvalue weighted by Crippen LogP contribution is -2.21. The van der Waals surface area contributed by atoms with E-state index in [1.54, 1.807) is 7.05 Å². The van der Waals surface area contributed by atoms with E-state index in [0.717, 1.165) is 23.7 Å². The molecule has 3 rings (SSSR count). The largest absolute Gasteiger partial charge is 0.369 e. The van der Waals surface area contributed by atoms with Crippen molar-refractivity contribution >= 4 is 11.7 Å². The molecule has 1 aliphatic carbocycles. The van der Waals surface area contributed by atoms with Gasteiger partial charge in [-0.15, -0.1) is 0 Å². The zero-order valence-electron chi connectivity index (χ0n) is 13.0. The van der Waals surface area contributed by atoms with Crippen molar-refractivity contribution in [3.05, 3.63) is 47.5 Å². The van der Waals surface area contributed by atoms with Crippen LogP contribution < -0.4 is 10.6 Å². The Hall–Kier alpha value is -2.36. The summed E-state index contributed by atoms with van der Waals surface area (Å²) in [5.74, 6) is 1.29.